The van der Waals surface area contributed by atoms with E-state index in [2.05, 4.69) is 20.3 Å². The van der Waals surface area contributed by atoms with Crippen molar-refractivity contribution in [3.05, 3.63) is 33.7 Å². The number of rotatable bonds is 6. The molecule has 1 N–H and O–H groups in total. The number of methoxy groups -OCH3 is 2. The van der Waals surface area contributed by atoms with Gasteiger partial charge in [-0.25, -0.2) is 4.79 Å². The molecule has 1 aliphatic rings. The van der Waals surface area contributed by atoms with Gasteiger partial charge in [-0.1, -0.05) is 11.6 Å². The Bertz CT molecular complexity index is 836. The van der Waals surface area contributed by atoms with Gasteiger partial charge >= 0.3 is 5.97 Å². The van der Waals surface area contributed by atoms with Gasteiger partial charge in [-0.05, 0) is 31.7 Å². The summed E-state index contributed by atoms with van der Waals surface area (Å²) in [4.78, 5) is 23.2. The maximum atomic E-state index is 11.8. The number of amidine groups is 1. The molecule has 1 fully saturated rings. The summed E-state index contributed by atoms with van der Waals surface area (Å²) >= 11 is 7.08. The van der Waals surface area contributed by atoms with Crippen LogP contribution in [0, 0.1) is 0 Å². The highest BCUT2D eigenvalue weighted by Crippen LogP contribution is 2.34. The Hall–Kier alpha value is -2.52. The van der Waals surface area contributed by atoms with E-state index in [9.17, 15) is 9.59 Å². The summed E-state index contributed by atoms with van der Waals surface area (Å²) in [6.07, 6.45) is 2.44. The highest BCUT2D eigenvalue weighted by molar-refractivity contribution is 8.18. The lowest BCUT2D eigenvalue weighted by molar-refractivity contribution is -0.135. The van der Waals surface area contributed by atoms with E-state index in [4.69, 9.17) is 21.1 Å². The van der Waals surface area contributed by atoms with Crippen LogP contribution in [0.5, 0.6) is 11.5 Å². The quantitative estimate of drug-likeness (QED) is 0.334. The van der Waals surface area contributed by atoms with E-state index in [1.807, 2.05) is 13.8 Å². The summed E-state index contributed by atoms with van der Waals surface area (Å²) in [6.45, 7) is 3.77. The fraction of sp³-hybridized carbons (Fsp3) is 0.294. The zero-order valence-corrected chi connectivity index (χ0v) is 16.7. The SMILES string of the molecule is COC(=O)/C=C1/S/C(=N\N=Cc2cc(Cl)cc(OC)c2OC(C)C)NC1=O. The smallest absolute Gasteiger partial charge is 0.331 e. The van der Waals surface area contributed by atoms with Gasteiger partial charge in [0.1, 0.15) is 0 Å². The van der Waals surface area contributed by atoms with E-state index >= 15 is 0 Å². The second-order valence-electron chi connectivity index (χ2n) is 5.43. The molecule has 1 aromatic carbocycles. The number of hydrogen-bond acceptors (Lipinski definition) is 8. The second-order valence-corrected chi connectivity index (χ2v) is 6.90. The van der Waals surface area contributed by atoms with Crippen LogP contribution in [0.3, 0.4) is 0 Å². The number of esters is 1. The number of hydrogen-bond donors (Lipinski definition) is 1. The highest BCUT2D eigenvalue weighted by Gasteiger charge is 2.25. The van der Waals surface area contributed by atoms with Gasteiger partial charge in [0.2, 0.25) is 0 Å². The topological polar surface area (TPSA) is 98.6 Å². The number of benzene rings is 1. The van der Waals surface area contributed by atoms with E-state index in [1.165, 1.54) is 20.4 Å². The fourth-order valence-electron chi connectivity index (χ4n) is 1.98. The first-order chi connectivity index (χ1) is 12.8. The van der Waals surface area contributed by atoms with Gasteiger partial charge in [-0.3, -0.25) is 10.1 Å². The summed E-state index contributed by atoms with van der Waals surface area (Å²) in [5, 5.41) is 11.1. The van der Waals surface area contributed by atoms with Crippen LogP contribution >= 0.6 is 23.4 Å². The summed E-state index contributed by atoms with van der Waals surface area (Å²) in [7, 11) is 2.74. The summed E-state index contributed by atoms with van der Waals surface area (Å²) in [5.41, 5.74) is 0.567. The van der Waals surface area contributed by atoms with Crippen LogP contribution in [-0.4, -0.2) is 43.6 Å². The lowest BCUT2D eigenvalue weighted by atomic mass is 10.2. The van der Waals surface area contributed by atoms with Crippen molar-refractivity contribution in [1.29, 1.82) is 0 Å². The molecule has 8 nitrogen and oxygen atoms in total. The molecule has 0 atom stereocenters. The van der Waals surface area contributed by atoms with Gasteiger partial charge in [-0.15, -0.1) is 5.10 Å². The maximum absolute atomic E-state index is 11.8. The van der Waals surface area contributed by atoms with Gasteiger partial charge in [0.25, 0.3) is 5.91 Å². The van der Waals surface area contributed by atoms with Crippen molar-refractivity contribution in [3.63, 3.8) is 0 Å². The third-order valence-corrected chi connectivity index (χ3v) is 4.19. The average Bonchev–Trinajstić information content (AvgIpc) is 2.95. The lowest BCUT2D eigenvalue weighted by Gasteiger charge is -2.16. The van der Waals surface area contributed by atoms with Crippen LogP contribution in [0.1, 0.15) is 19.4 Å². The van der Waals surface area contributed by atoms with Gasteiger partial charge in [0, 0.05) is 22.7 Å². The Morgan fingerprint density at radius 3 is 2.70 bits per heavy atom. The van der Waals surface area contributed by atoms with Gasteiger partial charge in [0.05, 0.1) is 31.4 Å². The van der Waals surface area contributed by atoms with Crippen molar-refractivity contribution in [2.45, 2.75) is 20.0 Å². The van der Waals surface area contributed by atoms with Crippen LogP contribution in [0.4, 0.5) is 0 Å². The van der Waals surface area contributed by atoms with Crippen LogP contribution in [0.2, 0.25) is 5.02 Å². The first-order valence-corrected chi connectivity index (χ1v) is 8.97. The molecule has 0 bridgehead atoms. The number of nitrogens with one attached hydrogen (secondary N) is 1. The molecule has 0 aliphatic carbocycles. The first-order valence-electron chi connectivity index (χ1n) is 7.78. The maximum Gasteiger partial charge on any atom is 0.331 e. The van der Waals surface area contributed by atoms with E-state index in [0.717, 1.165) is 17.8 Å². The van der Waals surface area contributed by atoms with Gasteiger partial charge < -0.3 is 14.2 Å². The number of nitrogens with zero attached hydrogens (tertiary/aromatic N) is 2. The molecular formula is C17H18ClN3O5S. The van der Waals surface area contributed by atoms with Crippen molar-refractivity contribution in [2.24, 2.45) is 10.2 Å². The molecule has 2 rings (SSSR count). The van der Waals surface area contributed by atoms with Gasteiger partial charge in [-0.2, -0.15) is 5.10 Å². The Morgan fingerprint density at radius 2 is 2.07 bits per heavy atom. The van der Waals surface area contributed by atoms with Crippen molar-refractivity contribution in [2.75, 3.05) is 14.2 Å². The molecule has 10 heteroatoms. The van der Waals surface area contributed by atoms with Gasteiger partial charge in [0.15, 0.2) is 16.7 Å². The Kier molecular flexibility index (Phi) is 7.26. The number of amides is 1. The molecular weight excluding hydrogens is 394 g/mol. The molecule has 27 heavy (non-hydrogen) atoms. The molecule has 0 spiro atoms. The molecule has 1 amide bonds. The predicted molar refractivity (Wildman–Crippen MR) is 105 cm³/mol. The van der Waals surface area contributed by atoms with E-state index in [1.54, 1.807) is 12.1 Å². The first kappa shape index (κ1) is 20.8. The van der Waals surface area contributed by atoms with E-state index in [-0.39, 0.29) is 16.2 Å². The number of carbonyl (C=O) groups is 2. The number of carbonyl (C=O) groups excluding carboxylic acids is 2. The highest BCUT2D eigenvalue weighted by atomic mass is 35.5. The predicted octanol–water partition coefficient (Wildman–Crippen LogP) is 2.75. The molecule has 1 aliphatic heterocycles. The number of halogens is 1. The molecule has 1 saturated heterocycles. The van der Waals surface area contributed by atoms with Crippen LogP contribution in [0.15, 0.2) is 33.3 Å². The number of ether oxygens (including phenoxy) is 3. The molecule has 0 unspecified atom stereocenters. The Labute approximate surface area is 165 Å². The van der Waals surface area contributed by atoms with Crippen molar-refractivity contribution < 1.29 is 23.8 Å². The van der Waals surface area contributed by atoms with Crippen molar-refractivity contribution in [1.82, 2.24) is 5.32 Å². The molecule has 0 saturated carbocycles. The van der Waals surface area contributed by atoms with E-state index < -0.39 is 11.9 Å². The second kappa shape index (κ2) is 9.43. The van der Waals surface area contributed by atoms with Crippen LogP contribution in [0.25, 0.3) is 0 Å². The monoisotopic (exact) mass is 411 g/mol. The molecule has 0 radical (unpaired) electrons. The zero-order chi connectivity index (χ0) is 20.0. The van der Waals surface area contributed by atoms with Crippen LogP contribution in [-0.2, 0) is 14.3 Å². The van der Waals surface area contributed by atoms with Crippen molar-refractivity contribution >= 4 is 46.6 Å². The zero-order valence-electron chi connectivity index (χ0n) is 15.1. The summed E-state index contributed by atoms with van der Waals surface area (Å²) in [5.74, 6) is -0.126. The minimum Gasteiger partial charge on any atom is -0.493 e. The Morgan fingerprint density at radius 1 is 1.33 bits per heavy atom. The molecule has 1 heterocycles. The third-order valence-electron chi connectivity index (χ3n) is 3.07. The largest absolute Gasteiger partial charge is 0.493 e. The summed E-state index contributed by atoms with van der Waals surface area (Å²) in [6, 6.07) is 3.30. The molecule has 0 aromatic heterocycles. The fourth-order valence-corrected chi connectivity index (χ4v) is 2.94. The Balaban J connectivity index is 2.24. The summed E-state index contributed by atoms with van der Waals surface area (Å²) < 4.78 is 15.6. The average molecular weight is 412 g/mol. The molecule has 1 aromatic rings. The number of thioether (sulfide) groups is 1. The normalized spacial score (nSPS) is 17.0. The van der Waals surface area contributed by atoms with Crippen molar-refractivity contribution in [3.8, 4) is 11.5 Å². The molecule has 144 valence electrons. The third kappa shape index (κ3) is 5.73. The standard InChI is InChI=1S/C17H18ClN3O5S/c1-9(2)26-15-10(5-11(18)6-12(15)24-3)8-19-21-17-20-16(23)13(27-17)7-14(22)25-4/h5-9H,1-4H3,(H,20,21,23)/b13-7+,19-8?. The minimum atomic E-state index is -0.626. The minimum absolute atomic E-state index is 0.0887. The lowest BCUT2D eigenvalue weighted by Crippen LogP contribution is -2.19. The van der Waals surface area contributed by atoms with Crippen LogP contribution < -0.4 is 14.8 Å². The van der Waals surface area contributed by atoms with E-state index in [0.29, 0.717) is 22.1 Å².